The van der Waals surface area contributed by atoms with Gasteiger partial charge in [0.2, 0.25) is 10.0 Å². The van der Waals surface area contributed by atoms with Crippen LogP contribution >= 0.6 is 11.6 Å². The molecule has 0 bridgehead atoms. The number of nitrogens with zero attached hydrogens (tertiary/aromatic N) is 1. The Bertz CT molecular complexity index is 621. The fourth-order valence-electron chi connectivity index (χ4n) is 2.28. The van der Waals surface area contributed by atoms with E-state index in [9.17, 15) is 13.2 Å². The maximum atomic E-state index is 11.9. The number of sulfonamides is 1. The van der Waals surface area contributed by atoms with E-state index < -0.39 is 10.0 Å². The molecule has 0 aliphatic carbocycles. The highest BCUT2D eigenvalue weighted by Gasteiger charge is 2.26. The molecule has 1 aliphatic rings. The normalized spacial score (nSPS) is 20.0. The van der Waals surface area contributed by atoms with Gasteiger partial charge in [0, 0.05) is 29.8 Å². The quantitative estimate of drug-likeness (QED) is 0.887. The van der Waals surface area contributed by atoms with E-state index in [4.69, 9.17) is 11.6 Å². The van der Waals surface area contributed by atoms with Crippen LogP contribution < -0.4 is 10.6 Å². The third-order valence-electron chi connectivity index (χ3n) is 3.27. The Morgan fingerprint density at radius 1 is 1.43 bits per heavy atom. The maximum absolute atomic E-state index is 11.9. The Morgan fingerprint density at radius 2 is 2.19 bits per heavy atom. The largest absolute Gasteiger partial charge is 0.334 e. The van der Waals surface area contributed by atoms with Crippen molar-refractivity contribution in [3.8, 4) is 0 Å². The van der Waals surface area contributed by atoms with E-state index in [1.54, 1.807) is 24.3 Å². The van der Waals surface area contributed by atoms with Crippen LogP contribution in [0.3, 0.4) is 0 Å². The lowest BCUT2D eigenvalue weighted by molar-refractivity contribution is 0.236. The third kappa shape index (κ3) is 4.87. The molecule has 0 unspecified atom stereocenters. The average Bonchev–Trinajstić information content (AvgIpc) is 2.37. The second-order valence-corrected chi connectivity index (χ2v) is 7.49. The fourth-order valence-corrected chi connectivity index (χ4v) is 3.38. The number of amides is 2. The summed E-state index contributed by atoms with van der Waals surface area (Å²) in [6, 6.07) is 6.28. The number of benzene rings is 1. The maximum Gasteiger partial charge on any atom is 0.319 e. The number of urea groups is 1. The lowest BCUT2D eigenvalue weighted by Gasteiger charge is -2.31. The number of piperidine rings is 1. The van der Waals surface area contributed by atoms with Gasteiger partial charge in [0.05, 0.1) is 6.26 Å². The number of carbonyl (C=O) groups is 1. The minimum absolute atomic E-state index is 0.187. The lowest BCUT2D eigenvalue weighted by atomic mass is 10.1. The van der Waals surface area contributed by atoms with Gasteiger partial charge in [0.15, 0.2) is 0 Å². The molecule has 6 nitrogen and oxygen atoms in total. The minimum atomic E-state index is -3.21. The van der Waals surface area contributed by atoms with Crippen molar-refractivity contribution >= 4 is 33.3 Å². The number of hydrogen-bond donors (Lipinski definition) is 2. The van der Waals surface area contributed by atoms with Gasteiger partial charge in [-0.1, -0.05) is 17.7 Å². The van der Waals surface area contributed by atoms with Crippen molar-refractivity contribution in [2.75, 3.05) is 24.7 Å². The summed E-state index contributed by atoms with van der Waals surface area (Å²) in [6.07, 6.45) is 2.67. The van der Waals surface area contributed by atoms with Crippen molar-refractivity contribution in [2.45, 2.75) is 18.9 Å². The van der Waals surface area contributed by atoms with Crippen LogP contribution in [0.15, 0.2) is 24.3 Å². The molecule has 0 aromatic heterocycles. The van der Waals surface area contributed by atoms with Gasteiger partial charge < -0.3 is 10.6 Å². The van der Waals surface area contributed by atoms with E-state index >= 15 is 0 Å². The molecule has 2 N–H and O–H groups in total. The summed E-state index contributed by atoms with van der Waals surface area (Å²) in [7, 11) is -3.21. The Kier molecular flexibility index (Phi) is 5.08. The minimum Gasteiger partial charge on any atom is -0.334 e. The summed E-state index contributed by atoms with van der Waals surface area (Å²) in [5.41, 5.74) is 0.593. The smallest absolute Gasteiger partial charge is 0.319 e. The fraction of sp³-hybridized carbons (Fsp3) is 0.462. The second kappa shape index (κ2) is 6.64. The molecular formula is C13H18ClN3O3S. The molecule has 8 heteroatoms. The molecule has 21 heavy (non-hydrogen) atoms. The first-order valence-electron chi connectivity index (χ1n) is 6.63. The van der Waals surface area contributed by atoms with Crippen LogP contribution in [0.4, 0.5) is 10.5 Å². The van der Waals surface area contributed by atoms with Crippen LogP contribution in [-0.4, -0.2) is 44.1 Å². The molecule has 1 fully saturated rings. The highest BCUT2D eigenvalue weighted by atomic mass is 35.5. The van der Waals surface area contributed by atoms with E-state index in [0.29, 0.717) is 23.8 Å². The van der Waals surface area contributed by atoms with Crippen molar-refractivity contribution < 1.29 is 13.2 Å². The molecule has 0 radical (unpaired) electrons. The number of hydrogen-bond acceptors (Lipinski definition) is 3. The summed E-state index contributed by atoms with van der Waals surface area (Å²) in [6.45, 7) is 0.814. The molecule has 1 aromatic carbocycles. The molecule has 2 rings (SSSR count). The summed E-state index contributed by atoms with van der Waals surface area (Å²) in [5.74, 6) is 0. The van der Waals surface area contributed by atoms with Crippen LogP contribution in [-0.2, 0) is 10.0 Å². The van der Waals surface area contributed by atoms with Crippen LogP contribution in [0, 0.1) is 0 Å². The first-order valence-corrected chi connectivity index (χ1v) is 8.85. The van der Waals surface area contributed by atoms with Gasteiger partial charge in [-0.15, -0.1) is 0 Å². The monoisotopic (exact) mass is 331 g/mol. The number of rotatable bonds is 3. The Labute approximate surface area is 129 Å². The topological polar surface area (TPSA) is 78.5 Å². The summed E-state index contributed by atoms with van der Waals surface area (Å²) in [4.78, 5) is 11.9. The van der Waals surface area contributed by atoms with Crippen LogP contribution in [0.5, 0.6) is 0 Å². The zero-order valence-electron chi connectivity index (χ0n) is 11.7. The number of carbonyl (C=O) groups excluding carboxylic acids is 1. The average molecular weight is 332 g/mol. The van der Waals surface area contributed by atoms with Crippen molar-refractivity contribution in [2.24, 2.45) is 0 Å². The molecule has 1 aromatic rings. The van der Waals surface area contributed by atoms with E-state index in [-0.39, 0.29) is 12.1 Å². The van der Waals surface area contributed by atoms with Gasteiger partial charge >= 0.3 is 6.03 Å². The van der Waals surface area contributed by atoms with Crippen LogP contribution in [0.25, 0.3) is 0 Å². The van der Waals surface area contributed by atoms with E-state index in [2.05, 4.69) is 10.6 Å². The van der Waals surface area contributed by atoms with Gasteiger partial charge in [-0.05, 0) is 31.0 Å². The zero-order valence-corrected chi connectivity index (χ0v) is 13.2. The lowest BCUT2D eigenvalue weighted by Crippen LogP contribution is -2.50. The van der Waals surface area contributed by atoms with Gasteiger partial charge in [0.1, 0.15) is 0 Å². The molecule has 1 atom stereocenters. The molecule has 116 valence electrons. The van der Waals surface area contributed by atoms with Gasteiger partial charge in [-0.2, -0.15) is 0 Å². The predicted molar refractivity (Wildman–Crippen MR) is 83.0 cm³/mol. The van der Waals surface area contributed by atoms with E-state index in [1.165, 1.54) is 10.6 Å². The highest BCUT2D eigenvalue weighted by molar-refractivity contribution is 7.88. The highest BCUT2D eigenvalue weighted by Crippen LogP contribution is 2.16. The van der Waals surface area contributed by atoms with Gasteiger partial charge in [-0.3, -0.25) is 0 Å². The van der Waals surface area contributed by atoms with E-state index in [0.717, 1.165) is 12.8 Å². The van der Waals surface area contributed by atoms with Crippen molar-refractivity contribution in [1.29, 1.82) is 0 Å². The molecule has 0 spiro atoms. The Balaban J connectivity index is 1.90. The van der Waals surface area contributed by atoms with Crippen molar-refractivity contribution in [3.05, 3.63) is 29.3 Å². The standard InChI is InChI=1S/C13H18ClN3O3S/c1-21(19,20)17-7-3-6-12(9-17)16-13(18)15-11-5-2-4-10(14)8-11/h2,4-5,8,12H,3,6-7,9H2,1H3,(H2,15,16,18)/t12-/m0/s1. The first kappa shape index (κ1) is 16.1. The SMILES string of the molecule is CS(=O)(=O)N1CCC[C@H](NC(=O)Nc2cccc(Cl)c2)C1. The second-order valence-electron chi connectivity index (χ2n) is 5.07. The summed E-state index contributed by atoms with van der Waals surface area (Å²) >= 11 is 5.84. The van der Waals surface area contributed by atoms with Crippen molar-refractivity contribution in [1.82, 2.24) is 9.62 Å². The number of nitrogens with one attached hydrogen (secondary N) is 2. The number of anilines is 1. The summed E-state index contributed by atoms with van der Waals surface area (Å²) in [5, 5.41) is 6.01. The molecule has 1 heterocycles. The Morgan fingerprint density at radius 3 is 2.86 bits per heavy atom. The zero-order chi connectivity index (χ0) is 15.5. The molecule has 1 saturated heterocycles. The van der Waals surface area contributed by atoms with Crippen molar-refractivity contribution in [3.63, 3.8) is 0 Å². The first-order chi connectivity index (χ1) is 9.84. The van der Waals surface area contributed by atoms with Gasteiger partial charge in [0.25, 0.3) is 0 Å². The van der Waals surface area contributed by atoms with Gasteiger partial charge in [-0.25, -0.2) is 17.5 Å². The molecule has 0 saturated carbocycles. The van der Waals surface area contributed by atoms with E-state index in [1.807, 2.05) is 0 Å². The Hall–Kier alpha value is -1.31. The van der Waals surface area contributed by atoms with Crippen LogP contribution in [0.2, 0.25) is 5.02 Å². The molecule has 2 amide bonds. The summed E-state index contributed by atoms with van der Waals surface area (Å²) < 4.78 is 24.4. The third-order valence-corrected chi connectivity index (χ3v) is 4.78. The predicted octanol–water partition coefficient (Wildman–Crippen LogP) is 1.89. The number of halogens is 1. The molecule has 1 aliphatic heterocycles. The molecular weight excluding hydrogens is 314 g/mol. The van der Waals surface area contributed by atoms with Crippen LogP contribution in [0.1, 0.15) is 12.8 Å².